The van der Waals surface area contributed by atoms with Crippen molar-refractivity contribution >= 4 is 35.1 Å². The number of carbonyl (C=O) groups excluding carboxylic acids is 2. The van der Waals surface area contributed by atoms with Gasteiger partial charge in [0.25, 0.3) is 0 Å². The molecule has 0 saturated carbocycles. The van der Waals surface area contributed by atoms with Gasteiger partial charge in [0, 0.05) is 29.8 Å². The summed E-state index contributed by atoms with van der Waals surface area (Å²) in [4.78, 5) is 43.2. The van der Waals surface area contributed by atoms with E-state index in [4.69, 9.17) is 70.7 Å². The number of ether oxygens (including phenoxy) is 14. The SMILES string of the molecule is C[C@@H]1O[C@@H](O[C@@H]2[C@@H](O)[C@H](C)O[C@@H](O[C@H]3[C@@H](O)[C@H](Oc4cc(O)c5c(=O)c(O[C@@H]6O[C@H](CO[C@@H]7O[C@H](CO)[C@@H](O)[C@H](O)[C@H]7O)[C@@H](O)[C@H](O[C@@H]7O[C@@H](C)[C@H](O)[C@@H](O)[C@H]7O)[C@H]6OC(=O)/C=C/c6ccc(O)cc6)c(-c6ccc(O)cc6)oc5c4)O[C@@H](C)[C@@H]3OC(=O)/C=C/c3ccc(O)cc3)[C@@H]2O)[C@H](O)[C@H](O)[C@H]1O. The molecule has 6 aliphatic heterocycles. The Labute approximate surface area is 594 Å². The molecule has 6 aliphatic rings. The highest BCUT2D eigenvalue weighted by Gasteiger charge is 2.57. The van der Waals surface area contributed by atoms with Crippen LogP contribution in [0.2, 0.25) is 0 Å². The summed E-state index contributed by atoms with van der Waals surface area (Å²) in [6, 6.07) is 17.8. The summed E-state index contributed by atoms with van der Waals surface area (Å²) < 4.78 is 90.0. The molecule has 36 nitrogen and oxygen atoms in total. The van der Waals surface area contributed by atoms with Gasteiger partial charge in [-0.3, -0.25) is 4.79 Å². The molecule has 0 spiro atoms. The lowest BCUT2D eigenvalue weighted by Gasteiger charge is -2.48. The molecule has 0 bridgehead atoms. The molecule has 4 aromatic carbocycles. The van der Waals surface area contributed by atoms with Crippen molar-refractivity contribution in [3.8, 4) is 45.8 Å². The van der Waals surface area contributed by atoms with E-state index in [-0.39, 0.29) is 22.8 Å². The Morgan fingerprint density at radius 3 is 1.42 bits per heavy atom. The summed E-state index contributed by atoms with van der Waals surface area (Å²) >= 11 is 0. The Hall–Kier alpha value is -7.65. The highest BCUT2D eigenvalue weighted by Crippen LogP contribution is 2.42. The summed E-state index contributed by atoms with van der Waals surface area (Å²) in [5.41, 5.74) is -1.10. The fourth-order valence-electron chi connectivity index (χ4n) is 12.5. The zero-order valence-corrected chi connectivity index (χ0v) is 56.0. The zero-order chi connectivity index (χ0) is 75.7. The molecular formula is C69H82O36. The van der Waals surface area contributed by atoms with Crippen LogP contribution in [0.25, 0.3) is 34.4 Å². The Balaban J connectivity index is 0.948. The van der Waals surface area contributed by atoms with E-state index < -0.39 is 249 Å². The van der Waals surface area contributed by atoms with Gasteiger partial charge in [-0.2, -0.15) is 0 Å². The van der Waals surface area contributed by atoms with Gasteiger partial charge in [0.1, 0.15) is 150 Å². The zero-order valence-electron chi connectivity index (χ0n) is 56.0. The predicted octanol–water partition coefficient (Wildman–Crippen LogP) is -3.42. The summed E-state index contributed by atoms with van der Waals surface area (Å²) in [7, 11) is 0. The maximum absolute atomic E-state index is 15.4. The van der Waals surface area contributed by atoms with E-state index in [9.17, 15) is 102 Å². The first-order valence-corrected chi connectivity index (χ1v) is 33.2. The molecule has 0 amide bonds. The molecule has 5 aromatic rings. The van der Waals surface area contributed by atoms with E-state index in [0.29, 0.717) is 11.1 Å². The number of hydrogen-bond donors (Lipinski definition) is 18. The normalized spacial score (nSPS) is 38.2. The van der Waals surface area contributed by atoms with Gasteiger partial charge in [-0.05, 0) is 99.5 Å². The first kappa shape index (κ1) is 78.4. The van der Waals surface area contributed by atoms with Crippen LogP contribution >= 0.6 is 0 Å². The van der Waals surface area contributed by atoms with E-state index in [1.165, 1.54) is 101 Å². The van der Waals surface area contributed by atoms with Crippen molar-refractivity contribution in [3.63, 3.8) is 0 Å². The lowest BCUT2D eigenvalue weighted by atomic mass is 9.96. The average Bonchev–Trinajstić information content (AvgIpc) is 0.764. The lowest BCUT2D eigenvalue weighted by molar-refractivity contribution is -0.372. The number of fused-ring (bicyclic) bond motifs is 1. The minimum Gasteiger partial charge on any atom is -0.508 e. The van der Waals surface area contributed by atoms with E-state index in [2.05, 4.69) is 0 Å². The molecule has 36 heteroatoms. The number of aromatic hydroxyl groups is 4. The van der Waals surface area contributed by atoms with E-state index >= 15 is 4.79 Å². The number of hydrogen-bond acceptors (Lipinski definition) is 36. The molecule has 7 heterocycles. The van der Waals surface area contributed by atoms with Crippen LogP contribution in [0, 0.1) is 0 Å². The molecule has 105 heavy (non-hydrogen) atoms. The molecule has 30 atom stereocenters. The van der Waals surface area contributed by atoms with E-state index in [0.717, 1.165) is 36.4 Å². The largest absolute Gasteiger partial charge is 0.508 e. The number of rotatable bonds is 21. The van der Waals surface area contributed by atoms with Gasteiger partial charge in [-0.1, -0.05) is 24.3 Å². The Morgan fingerprint density at radius 1 is 0.429 bits per heavy atom. The summed E-state index contributed by atoms with van der Waals surface area (Å²) in [5.74, 6) is -5.65. The first-order valence-electron chi connectivity index (χ1n) is 33.2. The van der Waals surface area contributed by atoms with Gasteiger partial charge in [0.15, 0.2) is 43.1 Å². The number of esters is 2. The maximum atomic E-state index is 15.4. The van der Waals surface area contributed by atoms with Crippen LogP contribution in [0.5, 0.6) is 34.5 Å². The molecule has 6 fully saturated rings. The molecule has 574 valence electrons. The van der Waals surface area contributed by atoms with Crippen LogP contribution in [0.1, 0.15) is 38.8 Å². The number of aliphatic hydroxyl groups is 14. The topological polar surface area (TPSA) is 558 Å². The van der Waals surface area contributed by atoms with Crippen LogP contribution < -0.4 is 14.9 Å². The van der Waals surface area contributed by atoms with Crippen molar-refractivity contribution in [2.75, 3.05) is 13.2 Å². The summed E-state index contributed by atoms with van der Waals surface area (Å²) in [6.45, 7) is 3.54. The van der Waals surface area contributed by atoms with E-state index in [1.807, 2.05) is 0 Å². The fraction of sp³-hybridized carbons (Fsp3) is 0.522. The Kier molecular flexibility index (Phi) is 24.8. The van der Waals surface area contributed by atoms with Crippen LogP contribution in [-0.2, 0) is 66.4 Å². The molecule has 18 N–H and O–H groups in total. The average molecular weight is 1490 g/mol. The number of phenols is 4. The predicted molar refractivity (Wildman–Crippen MR) is 347 cm³/mol. The van der Waals surface area contributed by atoms with Crippen molar-refractivity contribution in [1.29, 1.82) is 0 Å². The molecular weight excluding hydrogens is 1400 g/mol. The van der Waals surface area contributed by atoms with Crippen LogP contribution in [0.15, 0.2) is 106 Å². The van der Waals surface area contributed by atoms with Gasteiger partial charge >= 0.3 is 11.9 Å². The Morgan fingerprint density at radius 2 is 0.876 bits per heavy atom. The molecule has 0 aliphatic carbocycles. The van der Waals surface area contributed by atoms with Crippen molar-refractivity contribution in [2.24, 2.45) is 0 Å². The third kappa shape index (κ3) is 17.2. The van der Waals surface area contributed by atoms with Crippen molar-refractivity contribution in [3.05, 3.63) is 118 Å². The maximum Gasteiger partial charge on any atom is 0.331 e. The van der Waals surface area contributed by atoms with Crippen LogP contribution in [0.3, 0.4) is 0 Å². The minimum absolute atomic E-state index is 0.0638. The van der Waals surface area contributed by atoms with Gasteiger partial charge in [0.05, 0.1) is 37.6 Å². The quantitative estimate of drug-likeness (QED) is 0.0251. The van der Waals surface area contributed by atoms with Gasteiger partial charge in [0.2, 0.25) is 23.8 Å². The fourth-order valence-corrected chi connectivity index (χ4v) is 12.5. The molecule has 11 rings (SSSR count). The molecule has 0 radical (unpaired) electrons. The standard InChI is InChI=1S/C69H82O36/c1-25-43(77)49(83)53(87)65(92-25)102-59-45(79)27(3)94-68(55(59)89)104-62-56(90)67(95-28(4)57(62)100-40(75)19-9-29-5-13-32(71)14-6-29)96-35-21-36(74)42-37(22-35)97-58(31-11-17-34(73)18-12-31)61(48(42)82)105-69-63(101-41(76)20-10-30-7-15-33(72)16-8-30)60(103-66-54(88)50(84)44(78)26(2)93-66)47(81)39(99-69)24-91-64-52(86)51(85)46(80)38(23-70)98-64/h5-22,25-28,38-39,43-47,49-57,59-60,62-74,77-81,83-90H,23-24H2,1-4H3/b19-9+,20-10+/t25-,26-,27-,28-,38+,39+,43-,44-,45-,46+,47+,49+,50+,51-,52+,53+,54+,55+,56+,57-,59+,60-,62-,63+,64+,65-,66-,67-,68-,69-/m0/s1. The van der Waals surface area contributed by atoms with E-state index in [1.54, 1.807) is 0 Å². The highest BCUT2D eigenvalue weighted by atomic mass is 16.8. The van der Waals surface area contributed by atoms with Gasteiger partial charge < -0.3 is 163 Å². The second-order valence-electron chi connectivity index (χ2n) is 26.0. The molecule has 0 unspecified atom stereocenters. The highest BCUT2D eigenvalue weighted by molar-refractivity contribution is 5.89. The number of aliphatic hydroxyl groups excluding tert-OH is 14. The van der Waals surface area contributed by atoms with Crippen molar-refractivity contribution < 1.29 is 172 Å². The number of benzene rings is 4. The second kappa shape index (κ2) is 33.2. The summed E-state index contributed by atoms with van der Waals surface area (Å²) in [6.07, 6.45) is -50.2. The third-order valence-corrected chi connectivity index (χ3v) is 18.6. The van der Waals surface area contributed by atoms with Crippen molar-refractivity contribution in [1.82, 2.24) is 0 Å². The lowest BCUT2D eigenvalue weighted by Crippen LogP contribution is -2.66. The van der Waals surface area contributed by atoms with Crippen LogP contribution in [-0.4, -0.2) is 301 Å². The monoisotopic (exact) mass is 1490 g/mol. The minimum atomic E-state index is -2.29. The second-order valence-corrected chi connectivity index (χ2v) is 26.0. The smallest absolute Gasteiger partial charge is 0.331 e. The first-order chi connectivity index (χ1) is 49.9. The van der Waals surface area contributed by atoms with Crippen LogP contribution in [0.4, 0.5) is 0 Å². The summed E-state index contributed by atoms with van der Waals surface area (Å²) in [5, 5.41) is 196. The Bertz CT molecular complexity index is 3870. The third-order valence-electron chi connectivity index (χ3n) is 18.6. The van der Waals surface area contributed by atoms with Gasteiger partial charge in [-0.15, -0.1) is 0 Å². The molecule has 6 saturated heterocycles. The number of phenolic OH excluding ortho intramolecular Hbond substituents is 4. The molecule has 1 aromatic heterocycles. The number of carbonyl (C=O) groups is 2. The van der Waals surface area contributed by atoms with Gasteiger partial charge in [-0.25, -0.2) is 9.59 Å². The van der Waals surface area contributed by atoms with Crippen molar-refractivity contribution in [2.45, 2.75) is 212 Å².